The maximum atomic E-state index is 5.83. The van der Waals surface area contributed by atoms with E-state index in [4.69, 9.17) is 5.73 Å². The summed E-state index contributed by atoms with van der Waals surface area (Å²) in [5.41, 5.74) is 6.75. The standard InChI is InChI=1S/C12H16N4S2/c1-7-6-17-11(14-7)18-9-5-8(13)15-10(16-9)12(2,3)4/h5-6H,1-4H3,(H2,13,15,16). The second kappa shape index (κ2) is 4.85. The van der Waals surface area contributed by atoms with Gasteiger partial charge in [-0.2, -0.15) is 0 Å². The first-order valence-electron chi connectivity index (χ1n) is 5.59. The van der Waals surface area contributed by atoms with Gasteiger partial charge in [0.15, 0.2) is 4.34 Å². The summed E-state index contributed by atoms with van der Waals surface area (Å²) in [6.07, 6.45) is 0. The normalized spacial score (nSPS) is 11.8. The predicted octanol–water partition coefficient (Wildman–Crippen LogP) is 3.27. The number of aryl methyl sites for hydroxylation is 1. The van der Waals surface area contributed by atoms with Gasteiger partial charge in [0.2, 0.25) is 0 Å². The van der Waals surface area contributed by atoms with E-state index in [-0.39, 0.29) is 5.41 Å². The van der Waals surface area contributed by atoms with Crippen molar-refractivity contribution in [1.82, 2.24) is 15.0 Å². The molecule has 0 radical (unpaired) electrons. The Morgan fingerprint density at radius 2 is 1.94 bits per heavy atom. The molecule has 2 rings (SSSR count). The molecule has 4 nitrogen and oxygen atoms in total. The van der Waals surface area contributed by atoms with Gasteiger partial charge in [-0.3, -0.25) is 0 Å². The Hall–Kier alpha value is -1.14. The number of rotatable bonds is 2. The Morgan fingerprint density at radius 3 is 2.50 bits per heavy atom. The quantitative estimate of drug-likeness (QED) is 0.855. The molecule has 0 spiro atoms. The Morgan fingerprint density at radius 1 is 1.22 bits per heavy atom. The Bertz CT molecular complexity index is 557. The van der Waals surface area contributed by atoms with Crippen LogP contribution in [0.25, 0.3) is 0 Å². The van der Waals surface area contributed by atoms with Crippen molar-refractivity contribution in [3.8, 4) is 0 Å². The second-order valence-electron chi connectivity index (χ2n) is 5.06. The van der Waals surface area contributed by atoms with Crippen LogP contribution in [0, 0.1) is 6.92 Å². The Labute approximate surface area is 115 Å². The van der Waals surface area contributed by atoms with Crippen molar-refractivity contribution in [2.45, 2.75) is 42.5 Å². The number of hydrogen-bond donors (Lipinski definition) is 1. The smallest absolute Gasteiger partial charge is 0.156 e. The summed E-state index contributed by atoms with van der Waals surface area (Å²) in [5, 5.41) is 2.87. The summed E-state index contributed by atoms with van der Waals surface area (Å²) in [4.78, 5) is 13.2. The molecule has 0 unspecified atom stereocenters. The molecule has 0 atom stereocenters. The average molecular weight is 280 g/mol. The zero-order chi connectivity index (χ0) is 13.3. The fraction of sp³-hybridized carbons (Fsp3) is 0.417. The monoisotopic (exact) mass is 280 g/mol. The molecule has 18 heavy (non-hydrogen) atoms. The highest BCUT2D eigenvalue weighted by Gasteiger charge is 2.19. The molecule has 0 aliphatic rings. The number of nitrogens with zero attached hydrogens (tertiary/aromatic N) is 3. The largest absolute Gasteiger partial charge is 0.384 e. The third-order valence-electron chi connectivity index (χ3n) is 2.18. The summed E-state index contributed by atoms with van der Waals surface area (Å²) in [6, 6.07) is 1.79. The average Bonchev–Trinajstić information content (AvgIpc) is 2.61. The van der Waals surface area contributed by atoms with Crippen molar-refractivity contribution in [3.63, 3.8) is 0 Å². The van der Waals surface area contributed by atoms with Crippen LogP contribution >= 0.6 is 23.1 Å². The van der Waals surface area contributed by atoms with Gasteiger partial charge in [0.25, 0.3) is 0 Å². The van der Waals surface area contributed by atoms with Gasteiger partial charge in [-0.25, -0.2) is 15.0 Å². The molecule has 2 aromatic rings. The molecule has 6 heteroatoms. The third-order valence-corrected chi connectivity index (χ3v) is 4.16. The first-order valence-corrected chi connectivity index (χ1v) is 7.29. The lowest BCUT2D eigenvalue weighted by Gasteiger charge is -2.17. The molecule has 96 valence electrons. The van der Waals surface area contributed by atoms with E-state index in [0.29, 0.717) is 5.82 Å². The van der Waals surface area contributed by atoms with E-state index in [1.807, 2.05) is 12.3 Å². The van der Waals surface area contributed by atoms with E-state index >= 15 is 0 Å². The van der Waals surface area contributed by atoms with Gasteiger partial charge >= 0.3 is 0 Å². The Balaban J connectivity index is 2.31. The summed E-state index contributed by atoms with van der Waals surface area (Å²) in [5.74, 6) is 1.27. The number of aromatic nitrogens is 3. The molecule has 0 saturated heterocycles. The number of nitrogen functional groups attached to an aromatic ring is 1. The highest BCUT2D eigenvalue weighted by Crippen LogP contribution is 2.31. The molecule has 0 bridgehead atoms. The first kappa shape index (κ1) is 13.3. The van der Waals surface area contributed by atoms with Crippen LogP contribution < -0.4 is 5.73 Å². The maximum Gasteiger partial charge on any atom is 0.156 e. The Kier molecular flexibility index (Phi) is 3.59. The summed E-state index contributed by atoms with van der Waals surface area (Å²) >= 11 is 3.14. The van der Waals surface area contributed by atoms with Crippen LogP contribution in [0.5, 0.6) is 0 Å². The van der Waals surface area contributed by atoms with Crippen molar-refractivity contribution in [2.75, 3.05) is 5.73 Å². The molecule has 0 fully saturated rings. The minimum absolute atomic E-state index is 0.108. The van der Waals surface area contributed by atoms with Crippen LogP contribution in [0.2, 0.25) is 0 Å². The first-order chi connectivity index (χ1) is 8.34. The number of anilines is 1. The maximum absolute atomic E-state index is 5.83. The minimum atomic E-state index is -0.108. The predicted molar refractivity (Wildman–Crippen MR) is 76.1 cm³/mol. The van der Waals surface area contributed by atoms with Crippen LogP contribution in [-0.2, 0) is 5.41 Å². The van der Waals surface area contributed by atoms with Crippen LogP contribution in [0.1, 0.15) is 32.3 Å². The van der Waals surface area contributed by atoms with Gasteiger partial charge in [0.05, 0.1) is 0 Å². The van der Waals surface area contributed by atoms with E-state index in [0.717, 1.165) is 20.9 Å². The SMILES string of the molecule is Cc1csc(Sc2cc(N)nc(C(C)(C)C)n2)n1. The molecule has 0 aliphatic carbocycles. The van der Waals surface area contributed by atoms with Crippen molar-refractivity contribution in [1.29, 1.82) is 0 Å². The van der Waals surface area contributed by atoms with Gasteiger partial charge in [0.1, 0.15) is 16.7 Å². The van der Waals surface area contributed by atoms with Gasteiger partial charge in [-0.1, -0.05) is 20.8 Å². The van der Waals surface area contributed by atoms with E-state index in [9.17, 15) is 0 Å². The molecular weight excluding hydrogens is 264 g/mol. The lowest BCUT2D eigenvalue weighted by molar-refractivity contribution is 0.540. The number of hydrogen-bond acceptors (Lipinski definition) is 6. The van der Waals surface area contributed by atoms with Crippen LogP contribution in [0.3, 0.4) is 0 Å². The van der Waals surface area contributed by atoms with Gasteiger partial charge in [-0.05, 0) is 18.7 Å². The highest BCUT2D eigenvalue weighted by atomic mass is 32.2. The third kappa shape index (κ3) is 3.20. The lowest BCUT2D eigenvalue weighted by atomic mass is 9.96. The van der Waals surface area contributed by atoms with Crippen molar-refractivity contribution in [2.24, 2.45) is 0 Å². The molecule has 2 heterocycles. The molecule has 2 aromatic heterocycles. The van der Waals surface area contributed by atoms with Crippen LogP contribution in [0.15, 0.2) is 20.8 Å². The van der Waals surface area contributed by atoms with Gasteiger partial charge in [0, 0.05) is 22.6 Å². The van der Waals surface area contributed by atoms with E-state index in [2.05, 4.69) is 35.7 Å². The van der Waals surface area contributed by atoms with Gasteiger partial charge in [-0.15, -0.1) is 11.3 Å². The molecule has 0 saturated carbocycles. The number of nitrogens with two attached hydrogens (primary N) is 1. The minimum Gasteiger partial charge on any atom is -0.384 e. The zero-order valence-corrected chi connectivity index (χ0v) is 12.5. The second-order valence-corrected chi connectivity index (χ2v) is 7.19. The van der Waals surface area contributed by atoms with Crippen LogP contribution in [-0.4, -0.2) is 15.0 Å². The summed E-state index contributed by atoms with van der Waals surface area (Å²) in [6.45, 7) is 8.20. The summed E-state index contributed by atoms with van der Waals surface area (Å²) < 4.78 is 0.977. The van der Waals surface area contributed by atoms with E-state index in [1.165, 1.54) is 11.8 Å². The van der Waals surface area contributed by atoms with Crippen molar-refractivity contribution < 1.29 is 0 Å². The van der Waals surface area contributed by atoms with Crippen molar-refractivity contribution >= 4 is 28.9 Å². The fourth-order valence-corrected chi connectivity index (χ4v) is 3.09. The highest BCUT2D eigenvalue weighted by molar-refractivity contribution is 8.01. The molecule has 0 aliphatic heterocycles. The zero-order valence-electron chi connectivity index (χ0n) is 10.9. The fourth-order valence-electron chi connectivity index (χ4n) is 1.30. The van der Waals surface area contributed by atoms with E-state index in [1.54, 1.807) is 17.4 Å². The summed E-state index contributed by atoms with van der Waals surface area (Å²) in [7, 11) is 0. The van der Waals surface area contributed by atoms with Gasteiger partial charge < -0.3 is 5.73 Å². The molecule has 0 amide bonds. The van der Waals surface area contributed by atoms with E-state index < -0.39 is 0 Å². The topological polar surface area (TPSA) is 64.7 Å². The van der Waals surface area contributed by atoms with Crippen LogP contribution in [0.4, 0.5) is 5.82 Å². The van der Waals surface area contributed by atoms with Crippen molar-refractivity contribution in [3.05, 3.63) is 23.0 Å². The molecule has 2 N–H and O–H groups in total. The molecule has 0 aromatic carbocycles. The molecular formula is C12H16N4S2. The lowest BCUT2D eigenvalue weighted by Crippen LogP contribution is -2.17. The number of thiazole rings is 1.